The zero-order valence-corrected chi connectivity index (χ0v) is 9.14. The van der Waals surface area contributed by atoms with E-state index in [4.69, 9.17) is 9.15 Å². The predicted octanol–water partition coefficient (Wildman–Crippen LogP) is 1.97. The third kappa shape index (κ3) is 2.84. The van der Waals surface area contributed by atoms with Crippen LogP contribution in [-0.4, -0.2) is 12.0 Å². The van der Waals surface area contributed by atoms with Crippen molar-refractivity contribution in [3.8, 4) is 6.08 Å². The molecule has 0 spiro atoms. The van der Waals surface area contributed by atoms with E-state index in [1.165, 1.54) is 0 Å². The molecule has 84 valence electrons. The van der Waals surface area contributed by atoms with Crippen molar-refractivity contribution in [3.63, 3.8) is 0 Å². The lowest BCUT2D eigenvalue weighted by molar-refractivity contribution is 0.220. The van der Waals surface area contributed by atoms with E-state index in [2.05, 4.69) is 10.3 Å². The van der Waals surface area contributed by atoms with Crippen LogP contribution in [0.15, 0.2) is 41.0 Å². The zero-order valence-electron chi connectivity index (χ0n) is 9.14. The first-order valence-electron chi connectivity index (χ1n) is 5.14. The Morgan fingerprint density at radius 1 is 1.31 bits per heavy atom. The van der Waals surface area contributed by atoms with Crippen LogP contribution in [0.25, 0.3) is 0 Å². The van der Waals surface area contributed by atoms with Crippen LogP contribution in [-0.2, 0) is 13.2 Å². The van der Waals surface area contributed by atoms with Gasteiger partial charge >= 0.3 is 6.08 Å². The first-order valence-corrected chi connectivity index (χ1v) is 5.14. The van der Waals surface area contributed by atoms with Gasteiger partial charge in [-0.15, -0.1) is 0 Å². The third-order valence-electron chi connectivity index (χ3n) is 2.09. The summed E-state index contributed by atoms with van der Waals surface area (Å²) in [7, 11) is 1.86. The molecule has 0 aliphatic rings. The molecule has 0 saturated heterocycles. The SMILES string of the molecule is CNCc1coc(OCc2ccccc2)n1. The smallest absolute Gasteiger partial charge is 0.394 e. The van der Waals surface area contributed by atoms with Gasteiger partial charge in [0.1, 0.15) is 12.9 Å². The standard InChI is InChI=1S/C12H14N2O2/c1-13-7-11-9-16-12(14-11)15-8-10-5-3-2-4-6-10/h2-6,9,13H,7-8H2,1H3. The molecule has 2 aromatic rings. The van der Waals surface area contributed by atoms with Gasteiger partial charge in [-0.1, -0.05) is 30.3 Å². The maximum absolute atomic E-state index is 5.41. The highest BCUT2D eigenvalue weighted by Gasteiger charge is 2.03. The molecule has 16 heavy (non-hydrogen) atoms. The van der Waals surface area contributed by atoms with Crippen LogP contribution in [0.3, 0.4) is 0 Å². The minimum Gasteiger partial charge on any atom is -0.445 e. The normalized spacial score (nSPS) is 10.3. The maximum Gasteiger partial charge on any atom is 0.394 e. The number of oxazole rings is 1. The van der Waals surface area contributed by atoms with Gasteiger partial charge in [-0.25, -0.2) is 0 Å². The van der Waals surface area contributed by atoms with Crippen LogP contribution in [0.4, 0.5) is 0 Å². The highest BCUT2D eigenvalue weighted by molar-refractivity contribution is 5.14. The maximum atomic E-state index is 5.41. The van der Waals surface area contributed by atoms with E-state index < -0.39 is 0 Å². The van der Waals surface area contributed by atoms with E-state index in [9.17, 15) is 0 Å². The van der Waals surface area contributed by atoms with Crippen LogP contribution in [0.5, 0.6) is 6.08 Å². The summed E-state index contributed by atoms with van der Waals surface area (Å²) in [5.41, 5.74) is 1.93. The van der Waals surface area contributed by atoms with Gasteiger partial charge in [-0.2, -0.15) is 4.98 Å². The molecule has 0 fully saturated rings. The average molecular weight is 218 g/mol. The molecule has 0 bridgehead atoms. The minimum absolute atomic E-state index is 0.314. The molecular weight excluding hydrogens is 204 g/mol. The van der Waals surface area contributed by atoms with Crippen molar-refractivity contribution in [1.82, 2.24) is 10.3 Å². The van der Waals surface area contributed by atoms with Crippen LogP contribution < -0.4 is 10.1 Å². The lowest BCUT2D eigenvalue weighted by Gasteiger charge is -2.00. The largest absolute Gasteiger partial charge is 0.445 e. The van der Waals surface area contributed by atoms with Crippen LogP contribution >= 0.6 is 0 Å². The Balaban J connectivity index is 1.89. The molecular formula is C12H14N2O2. The molecule has 2 rings (SSSR count). The first-order chi connectivity index (χ1) is 7.88. The molecule has 0 unspecified atom stereocenters. The molecule has 4 nitrogen and oxygen atoms in total. The summed E-state index contributed by atoms with van der Waals surface area (Å²) in [6, 6.07) is 9.91. The van der Waals surface area contributed by atoms with Crippen molar-refractivity contribution in [2.45, 2.75) is 13.2 Å². The fraction of sp³-hybridized carbons (Fsp3) is 0.250. The van der Waals surface area contributed by atoms with Crippen LogP contribution in [0.2, 0.25) is 0 Å². The number of benzene rings is 1. The van der Waals surface area contributed by atoms with Crippen molar-refractivity contribution in [1.29, 1.82) is 0 Å². The Hall–Kier alpha value is -1.81. The Morgan fingerprint density at radius 2 is 2.12 bits per heavy atom. The summed E-state index contributed by atoms with van der Waals surface area (Å²) in [5.74, 6) is 0. The van der Waals surface area contributed by atoms with Gasteiger partial charge in [0.25, 0.3) is 0 Å². The monoisotopic (exact) mass is 218 g/mol. The molecule has 0 saturated carbocycles. The third-order valence-corrected chi connectivity index (χ3v) is 2.09. The molecule has 0 radical (unpaired) electrons. The fourth-order valence-electron chi connectivity index (χ4n) is 1.34. The number of nitrogens with one attached hydrogen (secondary N) is 1. The summed E-state index contributed by atoms with van der Waals surface area (Å²) < 4.78 is 10.6. The molecule has 0 aliphatic heterocycles. The second kappa shape index (κ2) is 5.32. The molecule has 1 aromatic heterocycles. The fourth-order valence-corrected chi connectivity index (χ4v) is 1.34. The number of hydrogen-bond donors (Lipinski definition) is 1. The number of rotatable bonds is 5. The van der Waals surface area contributed by atoms with E-state index in [0.29, 0.717) is 19.2 Å². The molecule has 0 aliphatic carbocycles. The summed E-state index contributed by atoms with van der Waals surface area (Å²) in [4.78, 5) is 4.16. The lowest BCUT2D eigenvalue weighted by Crippen LogP contribution is -2.05. The molecule has 0 atom stereocenters. The second-order valence-corrected chi connectivity index (χ2v) is 3.41. The quantitative estimate of drug-likeness (QED) is 0.833. The van der Waals surface area contributed by atoms with E-state index in [1.807, 2.05) is 37.4 Å². The van der Waals surface area contributed by atoms with Gasteiger partial charge in [-0.3, -0.25) is 0 Å². The topological polar surface area (TPSA) is 47.3 Å². The Bertz CT molecular complexity index is 426. The average Bonchev–Trinajstić information content (AvgIpc) is 2.76. The second-order valence-electron chi connectivity index (χ2n) is 3.41. The van der Waals surface area contributed by atoms with Gasteiger partial charge in [0, 0.05) is 6.54 Å². The molecule has 4 heteroatoms. The zero-order chi connectivity index (χ0) is 11.2. The summed E-state index contributed by atoms with van der Waals surface area (Å²) in [6.45, 7) is 1.15. The van der Waals surface area contributed by atoms with Gasteiger partial charge < -0.3 is 14.5 Å². The van der Waals surface area contributed by atoms with Crippen molar-refractivity contribution in [2.24, 2.45) is 0 Å². The van der Waals surface area contributed by atoms with E-state index in [-0.39, 0.29) is 0 Å². The Labute approximate surface area is 94.3 Å². The van der Waals surface area contributed by atoms with E-state index in [1.54, 1.807) is 6.26 Å². The summed E-state index contributed by atoms with van der Waals surface area (Å²) >= 11 is 0. The Kier molecular flexibility index (Phi) is 3.56. The number of ether oxygens (including phenoxy) is 1. The highest BCUT2D eigenvalue weighted by Crippen LogP contribution is 2.12. The van der Waals surface area contributed by atoms with Crippen molar-refractivity contribution in [2.75, 3.05) is 7.05 Å². The number of aromatic nitrogens is 1. The van der Waals surface area contributed by atoms with E-state index in [0.717, 1.165) is 11.3 Å². The van der Waals surface area contributed by atoms with E-state index >= 15 is 0 Å². The van der Waals surface area contributed by atoms with Crippen LogP contribution in [0, 0.1) is 0 Å². The highest BCUT2D eigenvalue weighted by atomic mass is 16.6. The van der Waals surface area contributed by atoms with Gasteiger partial charge in [-0.05, 0) is 12.6 Å². The molecule has 1 aromatic carbocycles. The van der Waals surface area contributed by atoms with Crippen LogP contribution in [0.1, 0.15) is 11.3 Å². The Morgan fingerprint density at radius 3 is 2.88 bits per heavy atom. The molecule has 1 heterocycles. The lowest BCUT2D eigenvalue weighted by atomic mass is 10.2. The van der Waals surface area contributed by atoms with Crippen molar-refractivity contribution < 1.29 is 9.15 Å². The minimum atomic E-state index is 0.314. The van der Waals surface area contributed by atoms with Crippen molar-refractivity contribution in [3.05, 3.63) is 47.9 Å². The predicted molar refractivity (Wildman–Crippen MR) is 60.0 cm³/mol. The summed E-state index contributed by atoms with van der Waals surface area (Å²) in [5, 5.41) is 2.99. The molecule has 1 N–H and O–H groups in total. The number of hydrogen-bond acceptors (Lipinski definition) is 4. The summed E-state index contributed by atoms with van der Waals surface area (Å²) in [6.07, 6.45) is 1.91. The van der Waals surface area contributed by atoms with Gasteiger partial charge in [0.05, 0.1) is 5.69 Å². The first kappa shape index (κ1) is 10.7. The number of nitrogens with zero attached hydrogens (tertiary/aromatic N) is 1. The van der Waals surface area contributed by atoms with Gasteiger partial charge in [0.2, 0.25) is 0 Å². The van der Waals surface area contributed by atoms with Crippen molar-refractivity contribution >= 4 is 0 Å². The molecule has 0 amide bonds. The van der Waals surface area contributed by atoms with Gasteiger partial charge in [0.15, 0.2) is 0 Å².